The Balaban J connectivity index is 1.40. The highest BCUT2D eigenvalue weighted by Gasteiger charge is 2.37. The molecule has 0 aromatic heterocycles. The lowest BCUT2D eigenvalue weighted by Crippen LogP contribution is -2.36. The maximum absolute atomic E-state index is 13.2. The lowest BCUT2D eigenvalue weighted by atomic mass is 9.93. The smallest absolute Gasteiger partial charge is 0.338 e. The van der Waals surface area contributed by atoms with E-state index in [1.807, 2.05) is 6.07 Å². The third kappa shape index (κ3) is 5.28. The minimum absolute atomic E-state index is 0.00621. The summed E-state index contributed by atoms with van der Waals surface area (Å²) in [6, 6.07) is 17.3. The molecule has 1 aliphatic rings. The van der Waals surface area contributed by atoms with E-state index in [1.54, 1.807) is 18.2 Å². The molecule has 0 heterocycles. The lowest BCUT2D eigenvalue weighted by Gasteiger charge is -2.27. The van der Waals surface area contributed by atoms with Crippen LogP contribution in [0.3, 0.4) is 0 Å². The van der Waals surface area contributed by atoms with Gasteiger partial charge in [0.25, 0.3) is 5.91 Å². The van der Waals surface area contributed by atoms with Crippen LogP contribution in [0.5, 0.6) is 23.0 Å². The third-order valence-corrected chi connectivity index (χ3v) is 7.07. The monoisotopic (exact) mass is 570 g/mol. The van der Waals surface area contributed by atoms with E-state index in [4.69, 9.17) is 4.74 Å². The second-order valence-electron chi connectivity index (χ2n) is 9.70. The Morgan fingerprint density at radius 2 is 1.48 bits per heavy atom. The summed E-state index contributed by atoms with van der Waals surface area (Å²) < 4.78 is 5.70. The van der Waals surface area contributed by atoms with Gasteiger partial charge in [0, 0.05) is 17.5 Å². The highest BCUT2D eigenvalue weighted by Crippen LogP contribution is 2.40. The number of carboxylic acid groups (broad SMARTS) is 1. The Hall–Kier alpha value is -5.55. The van der Waals surface area contributed by atoms with Crippen LogP contribution < -0.4 is 10.4 Å². The predicted molar refractivity (Wildman–Crippen MR) is 144 cm³/mol. The fraction of sp³-hybridized carbons (Fsp3) is 0.129. The molecule has 11 nitrogen and oxygen atoms in total. The van der Waals surface area contributed by atoms with Crippen molar-refractivity contribution in [2.24, 2.45) is 0 Å². The van der Waals surface area contributed by atoms with Crippen LogP contribution in [0, 0.1) is 0 Å². The van der Waals surface area contributed by atoms with Gasteiger partial charge in [-0.2, -0.15) is 0 Å². The molecular formula is C31H24NO10-. The van der Waals surface area contributed by atoms with Crippen molar-refractivity contribution >= 4 is 17.8 Å². The number of amides is 1. The van der Waals surface area contributed by atoms with Crippen molar-refractivity contribution in [3.63, 3.8) is 0 Å². The molecule has 3 unspecified atom stereocenters. The zero-order valence-corrected chi connectivity index (χ0v) is 21.7. The second-order valence-corrected chi connectivity index (χ2v) is 9.70. The number of benzene rings is 4. The number of carbonyl (C=O) groups is 3. The fourth-order valence-corrected chi connectivity index (χ4v) is 5.05. The van der Waals surface area contributed by atoms with Crippen molar-refractivity contribution in [2.75, 3.05) is 0 Å². The average molecular weight is 571 g/mol. The molecule has 42 heavy (non-hydrogen) atoms. The van der Waals surface area contributed by atoms with Crippen molar-refractivity contribution in [1.29, 1.82) is 0 Å². The van der Waals surface area contributed by atoms with E-state index < -0.39 is 70.0 Å². The Bertz CT molecular complexity index is 1680. The van der Waals surface area contributed by atoms with Gasteiger partial charge in [-0.25, -0.2) is 9.59 Å². The van der Waals surface area contributed by atoms with Crippen LogP contribution in [0.15, 0.2) is 78.9 Å². The molecule has 0 spiro atoms. The number of fused-ring (bicyclic) bond motifs is 1. The minimum Gasteiger partial charge on any atom is -0.845 e. The zero-order valence-electron chi connectivity index (χ0n) is 21.7. The molecule has 0 aliphatic heterocycles. The SMILES string of the molecule is O=C(NC1c2ccccc2CC1OC(=O)c1cc(O)c(C([O-])c2c(O)cccc2C(=O)O)c(O)c1)c1ccc(O)cc1. The molecule has 6 N–H and O–H groups in total. The quantitative estimate of drug-likeness (QED) is 0.180. The first-order chi connectivity index (χ1) is 20.0. The number of carboxylic acids is 1. The van der Waals surface area contributed by atoms with Crippen LogP contribution >= 0.6 is 0 Å². The highest BCUT2D eigenvalue weighted by atomic mass is 16.5. The number of hydrogen-bond acceptors (Lipinski definition) is 9. The summed E-state index contributed by atoms with van der Waals surface area (Å²) in [5, 5.41) is 66.4. The summed E-state index contributed by atoms with van der Waals surface area (Å²) in [6.45, 7) is 0. The molecule has 0 saturated carbocycles. The van der Waals surface area contributed by atoms with Gasteiger partial charge in [0.1, 0.15) is 29.1 Å². The summed E-state index contributed by atoms with van der Waals surface area (Å²) in [6.07, 6.45) is -2.82. The van der Waals surface area contributed by atoms with Gasteiger partial charge in [-0.3, -0.25) is 4.79 Å². The van der Waals surface area contributed by atoms with Crippen molar-refractivity contribution in [3.05, 3.63) is 118 Å². The van der Waals surface area contributed by atoms with Gasteiger partial charge >= 0.3 is 11.9 Å². The molecule has 1 amide bonds. The van der Waals surface area contributed by atoms with Crippen molar-refractivity contribution in [1.82, 2.24) is 5.32 Å². The molecule has 5 rings (SSSR count). The molecule has 0 radical (unpaired) electrons. The number of phenols is 4. The highest BCUT2D eigenvalue weighted by molar-refractivity contribution is 5.95. The molecule has 1 aliphatic carbocycles. The largest absolute Gasteiger partial charge is 0.845 e. The van der Waals surface area contributed by atoms with Gasteiger partial charge in [-0.15, -0.1) is 0 Å². The molecule has 11 heteroatoms. The van der Waals surface area contributed by atoms with Crippen LogP contribution in [-0.4, -0.2) is 49.5 Å². The van der Waals surface area contributed by atoms with Crippen LogP contribution in [0.25, 0.3) is 0 Å². The summed E-state index contributed by atoms with van der Waals surface area (Å²) in [5.41, 5.74) is -0.192. The molecular weight excluding hydrogens is 546 g/mol. The van der Waals surface area contributed by atoms with E-state index in [1.165, 1.54) is 30.3 Å². The number of aromatic hydroxyl groups is 4. The lowest BCUT2D eigenvalue weighted by molar-refractivity contribution is -0.412. The van der Waals surface area contributed by atoms with E-state index in [0.717, 1.165) is 35.4 Å². The van der Waals surface area contributed by atoms with Crippen molar-refractivity contribution in [3.8, 4) is 23.0 Å². The molecule has 3 atom stereocenters. The van der Waals surface area contributed by atoms with Gasteiger partial charge in [0.05, 0.1) is 17.2 Å². The second kappa shape index (κ2) is 11.1. The number of carbonyl (C=O) groups excluding carboxylic acids is 2. The predicted octanol–water partition coefficient (Wildman–Crippen LogP) is 2.91. The number of esters is 1. The van der Waals surface area contributed by atoms with E-state index >= 15 is 0 Å². The Morgan fingerprint density at radius 1 is 0.810 bits per heavy atom. The normalized spacial score (nSPS) is 16.3. The Morgan fingerprint density at radius 3 is 2.14 bits per heavy atom. The van der Waals surface area contributed by atoms with Gasteiger partial charge in [-0.05, 0) is 65.2 Å². The van der Waals surface area contributed by atoms with Crippen LogP contribution in [0.4, 0.5) is 0 Å². The van der Waals surface area contributed by atoms with Gasteiger partial charge in [0.15, 0.2) is 0 Å². The van der Waals surface area contributed by atoms with Crippen LogP contribution in [0.2, 0.25) is 0 Å². The molecule has 0 saturated heterocycles. The van der Waals surface area contributed by atoms with Crippen molar-refractivity contribution < 1.29 is 49.8 Å². The summed E-state index contributed by atoms with van der Waals surface area (Å²) in [4.78, 5) is 37.7. The van der Waals surface area contributed by atoms with E-state index in [9.17, 15) is 45.0 Å². The zero-order chi connectivity index (χ0) is 30.1. The average Bonchev–Trinajstić information content (AvgIpc) is 3.29. The number of rotatable bonds is 7. The van der Waals surface area contributed by atoms with Gasteiger partial charge < -0.3 is 40.7 Å². The number of phenolic OH excluding ortho intramolecular Hbond substituents is 4. The minimum atomic E-state index is -2.20. The first-order valence-corrected chi connectivity index (χ1v) is 12.7. The summed E-state index contributed by atoms with van der Waals surface area (Å²) in [5.74, 6) is -5.20. The molecule has 0 bridgehead atoms. The van der Waals surface area contributed by atoms with Crippen LogP contribution in [0.1, 0.15) is 65.5 Å². The Labute approximate surface area is 238 Å². The number of ether oxygens (including phenoxy) is 1. The van der Waals surface area contributed by atoms with E-state index in [-0.39, 0.29) is 23.3 Å². The van der Waals surface area contributed by atoms with E-state index in [0.29, 0.717) is 0 Å². The first kappa shape index (κ1) is 28.0. The fourth-order valence-electron chi connectivity index (χ4n) is 5.05. The molecule has 4 aromatic rings. The Kier molecular flexibility index (Phi) is 7.43. The van der Waals surface area contributed by atoms with Gasteiger partial charge in [-0.1, -0.05) is 36.4 Å². The van der Waals surface area contributed by atoms with E-state index in [2.05, 4.69) is 5.32 Å². The third-order valence-electron chi connectivity index (χ3n) is 7.07. The molecule has 4 aromatic carbocycles. The van der Waals surface area contributed by atoms with Crippen molar-refractivity contribution in [2.45, 2.75) is 24.7 Å². The van der Waals surface area contributed by atoms with Crippen LogP contribution in [-0.2, 0) is 11.2 Å². The maximum atomic E-state index is 13.2. The number of aromatic carboxylic acids is 1. The molecule has 0 fully saturated rings. The summed E-state index contributed by atoms with van der Waals surface area (Å²) >= 11 is 0. The summed E-state index contributed by atoms with van der Waals surface area (Å²) in [7, 11) is 0. The van der Waals surface area contributed by atoms with Gasteiger partial charge in [0.2, 0.25) is 0 Å². The topological polar surface area (TPSA) is 197 Å². The maximum Gasteiger partial charge on any atom is 0.338 e. The number of hydrogen-bond donors (Lipinski definition) is 6. The molecule has 214 valence electrons. The number of nitrogens with one attached hydrogen (secondary N) is 1. The standard InChI is InChI=1S/C31H24NO10/c33-18-10-8-15(9-11-18)29(38)32-27-19-5-2-1-4-16(19)14-24(27)42-31(41)17-12-22(35)26(23(36)13-17)28(37)25-20(30(39)40)6-3-7-21(25)34/h1-13,24,27-28,33-36H,14H2,(H,32,38)(H,39,40)/q-1. The first-order valence-electron chi connectivity index (χ1n) is 12.7.